The van der Waals surface area contributed by atoms with Gasteiger partial charge in [-0.1, -0.05) is 6.07 Å². The van der Waals surface area contributed by atoms with Gasteiger partial charge in [-0.3, -0.25) is 4.68 Å². The third-order valence-corrected chi connectivity index (χ3v) is 3.27. The predicted molar refractivity (Wildman–Crippen MR) is 65.4 cm³/mol. The van der Waals surface area contributed by atoms with Crippen LogP contribution in [-0.4, -0.2) is 9.78 Å². The molecule has 0 bridgehead atoms. The molecule has 0 aliphatic carbocycles. The number of nitrogens with two attached hydrogens (primary N) is 1. The van der Waals surface area contributed by atoms with Crippen LogP contribution in [0.4, 0.5) is 17.6 Å². The number of aromatic nitrogens is 2. The minimum atomic E-state index is -4.71. The summed E-state index contributed by atoms with van der Waals surface area (Å²) in [7, 11) is 1.72. The van der Waals surface area contributed by atoms with Crippen LogP contribution in [0.2, 0.25) is 0 Å². The lowest BCUT2D eigenvalue weighted by molar-refractivity contribution is -0.140. The molecule has 1 aromatic carbocycles. The van der Waals surface area contributed by atoms with E-state index in [1.54, 1.807) is 18.7 Å². The molecule has 1 aromatic heterocycles. The van der Waals surface area contributed by atoms with Crippen LogP contribution in [0.5, 0.6) is 0 Å². The van der Waals surface area contributed by atoms with Crippen molar-refractivity contribution in [2.45, 2.75) is 19.1 Å². The van der Waals surface area contributed by atoms with Crippen LogP contribution in [-0.2, 0) is 13.2 Å². The lowest BCUT2D eigenvalue weighted by Crippen LogP contribution is -2.15. The summed E-state index contributed by atoms with van der Waals surface area (Å²) < 4.78 is 52.6. The first-order valence-corrected chi connectivity index (χ1v) is 5.82. The fourth-order valence-electron chi connectivity index (χ4n) is 1.96. The monoisotopic (exact) mass is 287 g/mol. The summed E-state index contributed by atoms with van der Waals surface area (Å²) in [4.78, 5) is 0. The average Bonchev–Trinajstić information content (AvgIpc) is 2.67. The van der Waals surface area contributed by atoms with E-state index in [9.17, 15) is 17.6 Å². The van der Waals surface area contributed by atoms with E-state index in [-0.39, 0.29) is 5.56 Å². The molecule has 7 heteroatoms. The molecule has 1 atom stereocenters. The van der Waals surface area contributed by atoms with Gasteiger partial charge >= 0.3 is 6.18 Å². The zero-order valence-corrected chi connectivity index (χ0v) is 10.9. The Morgan fingerprint density at radius 2 is 1.95 bits per heavy atom. The van der Waals surface area contributed by atoms with Crippen molar-refractivity contribution < 1.29 is 17.6 Å². The van der Waals surface area contributed by atoms with Gasteiger partial charge in [-0.2, -0.15) is 18.3 Å². The number of hydrogen-bond acceptors (Lipinski definition) is 2. The van der Waals surface area contributed by atoms with E-state index in [4.69, 9.17) is 5.73 Å². The number of benzene rings is 1. The molecule has 0 aliphatic heterocycles. The van der Waals surface area contributed by atoms with Crippen molar-refractivity contribution in [3.8, 4) is 0 Å². The van der Waals surface area contributed by atoms with Gasteiger partial charge in [-0.25, -0.2) is 4.39 Å². The molecule has 2 aromatic rings. The van der Waals surface area contributed by atoms with Crippen molar-refractivity contribution in [3.63, 3.8) is 0 Å². The average molecular weight is 287 g/mol. The first-order valence-electron chi connectivity index (χ1n) is 5.82. The van der Waals surface area contributed by atoms with Crippen LogP contribution in [0, 0.1) is 12.7 Å². The number of rotatable bonds is 2. The highest BCUT2D eigenvalue weighted by atomic mass is 19.4. The highest BCUT2D eigenvalue weighted by Crippen LogP contribution is 2.33. The molecule has 20 heavy (non-hydrogen) atoms. The molecule has 0 spiro atoms. The van der Waals surface area contributed by atoms with E-state index in [0.717, 1.165) is 11.8 Å². The van der Waals surface area contributed by atoms with E-state index >= 15 is 0 Å². The van der Waals surface area contributed by atoms with Gasteiger partial charge in [0.2, 0.25) is 0 Å². The highest BCUT2D eigenvalue weighted by molar-refractivity contribution is 5.35. The third kappa shape index (κ3) is 2.53. The maximum Gasteiger partial charge on any atom is 0.419 e. The van der Waals surface area contributed by atoms with Crippen LogP contribution in [0.25, 0.3) is 0 Å². The maximum absolute atomic E-state index is 13.5. The van der Waals surface area contributed by atoms with Crippen LogP contribution < -0.4 is 5.73 Å². The number of alkyl halides is 3. The Kier molecular flexibility index (Phi) is 3.56. The molecule has 0 saturated carbocycles. The third-order valence-electron chi connectivity index (χ3n) is 3.27. The van der Waals surface area contributed by atoms with E-state index < -0.39 is 23.6 Å². The van der Waals surface area contributed by atoms with Crippen LogP contribution >= 0.6 is 0 Å². The van der Waals surface area contributed by atoms with Gasteiger partial charge in [0.1, 0.15) is 5.82 Å². The van der Waals surface area contributed by atoms with Crippen molar-refractivity contribution in [3.05, 3.63) is 52.6 Å². The van der Waals surface area contributed by atoms with Crippen molar-refractivity contribution >= 4 is 0 Å². The summed E-state index contributed by atoms with van der Waals surface area (Å²) in [6.07, 6.45) is -3.19. The van der Waals surface area contributed by atoms with E-state index in [1.807, 2.05) is 0 Å². The molecule has 1 heterocycles. The molecule has 108 valence electrons. The molecule has 0 radical (unpaired) electrons. The van der Waals surface area contributed by atoms with Crippen LogP contribution in [0.1, 0.15) is 28.4 Å². The smallest absolute Gasteiger partial charge is 0.320 e. The van der Waals surface area contributed by atoms with Gasteiger partial charge in [-0.15, -0.1) is 0 Å². The molecule has 0 aliphatic rings. The van der Waals surface area contributed by atoms with Crippen molar-refractivity contribution in [1.82, 2.24) is 9.78 Å². The summed E-state index contributed by atoms with van der Waals surface area (Å²) in [5.74, 6) is -1.33. The van der Waals surface area contributed by atoms with Crippen molar-refractivity contribution in [2.75, 3.05) is 0 Å². The summed E-state index contributed by atoms with van der Waals surface area (Å²) in [5.41, 5.74) is 6.35. The van der Waals surface area contributed by atoms with Gasteiger partial charge in [0, 0.05) is 18.3 Å². The Hall–Kier alpha value is -1.89. The second kappa shape index (κ2) is 4.90. The second-order valence-corrected chi connectivity index (χ2v) is 4.52. The number of halogens is 4. The van der Waals surface area contributed by atoms with Crippen LogP contribution in [0.15, 0.2) is 24.4 Å². The van der Waals surface area contributed by atoms with Gasteiger partial charge in [0.25, 0.3) is 0 Å². The molecule has 1 unspecified atom stereocenters. The second-order valence-electron chi connectivity index (χ2n) is 4.52. The first kappa shape index (κ1) is 14.5. The Morgan fingerprint density at radius 1 is 1.30 bits per heavy atom. The first-order chi connectivity index (χ1) is 9.21. The van der Waals surface area contributed by atoms with Gasteiger partial charge in [0.15, 0.2) is 0 Å². The Labute approximate surface area is 113 Å². The number of aryl methyl sites for hydroxylation is 1. The molecule has 2 rings (SSSR count). The van der Waals surface area contributed by atoms with E-state index in [2.05, 4.69) is 5.10 Å². The zero-order chi connectivity index (χ0) is 15.1. The number of nitrogens with zero attached hydrogens (tertiary/aromatic N) is 2. The normalized spacial score (nSPS) is 13.6. The molecule has 0 amide bonds. The lowest BCUT2D eigenvalue weighted by atomic mass is 9.99. The molecule has 0 fully saturated rings. The summed E-state index contributed by atoms with van der Waals surface area (Å²) in [6.45, 7) is 1.78. The Balaban J connectivity index is 2.39. The van der Waals surface area contributed by atoms with E-state index in [1.165, 1.54) is 12.3 Å². The largest absolute Gasteiger partial charge is 0.419 e. The van der Waals surface area contributed by atoms with Crippen molar-refractivity contribution in [1.29, 1.82) is 0 Å². The summed E-state index contributed by atoms with van der Waals surface area (Å²) >= 11 is 0. The predicted octanol–water partition coefficient (Wildman–Crippen LogP) is 2.93. The maximum atomic E-state index is 13.5. The quantitative estimate of drug-likeness (QED) is 0.863. The number of hydrogen-bond donors (Lipinski definition) is 1. The Morgan fingerprint density at radius 3 is 2.40 bits per heavy atom. The minimum absolute atomic E-state index is 0.270. The molecule has 3 nitrogen and oxygen atoms in total. The van der Waals surface area contributed by atoms with Gasteiger partial charge in [-0.05, 0) is 24.6 Å². The lowest BCUT2D eigenvalue weighted by Gasteiger charge is -2.14. The van der Waals surface area contributed by atoms with Crippen LogP contribution in [0.3, 0.4) is 0 Å². The van der Waals surface area contributed by atoms with Gasteiger partial charge in [0.05, 0.1) is 17.8 Å². The molecular formula is C13H13F4N3. The molecular weight excluding hydrogens is 274 g/mol. The summed E-state index contributed by atoms with van der Waals surface area (Å²) in [6, 6.07) is 1.99. The molecule has 0 saturated heterocycles. The Bertz CT molecular complexity index is 631. The topological polar surface area (TPSA) is 43.8 Å². The zero-order valence-electron chi connectivity index (χ0n) is 10.9. The van der Waals surface area contributed by atoms with E-state index in [0.29, 0.717) is 11.6 Å². The minimum Gasteiger partial charge on any atom is -0.320 e. The standard InChI is InChI=1S/C13H13F4N3/c1-7-9(6-19-20(7)2)12(18)8-3-4-10(11(14)5-8)13(15,16)17/h3-6,12H,18H2,1-2H3. The SMILES string of the molecule is Cc1c(C(N)c2ccc(C(F)(F)F)c(F)c2)cnn1C. The van der Waals surface area contributed by atoms with Crippen molar-refractivity contribution in [2.24, 2.45) is 12.8 Å². The fourth-order valence-corrected chi connectivity index (χ4v) is 1.96. The van der Waals surface area contributed by atoms with Gasteiger partial charge < -0.3 is 5.73 Å². The molecule has 2 N–H and O–H groups in total. The highest BCUT2D eigenvalue weighted by Gasteiger charge is 2.34. The fraction of sp³-hybridized carbons (Fsp3) is 0.308. The summed E-state index contributed by atoms with van der Waals surface area (Å²) in [5, 5.41) is 4.00.